The molecule has 0 saturated heterocycles. The molecule has 1 saturated carbocycles. The van der Waals surface area contributed by atoms with Gasteiger partial charge >= 0.3 is 11.7 Å². The first-order valence-corrected chi connectivity index (χ1v) is 10.5. The number of nitrogens with zero attached hydrogens (tertiary/aromatic N) is 2. The number of carbonyl (C=O) groups is 2. The minimum Gasteiger partial charge on any atom is -0.494 e. The van der Waals surface area contributed by atoms with Gasteiger partial charge in [0, 0.05) is 6.04 Å². The second kappa shape index (κ2) is 9.63. The van der Waals surface area contributed by atoms with Crippen molar-refractivity contribution >= 4 is 11.9 Å². The molecule has 1 amide bonds. The summed E-state index contributed by atoms with van der Waals surface area (Å²) in [6.07, 6.45) is 4.75. The Balaban J connectivity index is 2.17. The molecule has 1 aromatic carbocycles. The third kappa shape index (κ3) is 4.70. The fourth-order valence-corrected chi connectivity index (χ4v) is 4.14. The maximum atomic E-state index is 13.3. The number of aliphatic carboxylic acids is 1. The lowest BCUT2D eigenvalue weighted by Gasteiger charge is -2.26. The van der Waals surface area contributed by atoms with Crippen LogP contribution in [-0.2, 0) is 17.8 Å². The highest BCUT2D eigenvalue weighted by Gasteiger charge is 2.29. The van der Waals surface area contributed by atoms with E-state index in [1.165, 1.54) is 0 Å². The Hall–Kier alpha value is -3.36. The maximum absolute atomic E-state index is 13.3. The minimum atomic E-state index is -1.29. The van der Waals surface area contributed by atoms with Crippen LogP contribution < -0.4 is 16.6 Å². The van der Waals surface area contributed by atoms with Gasteiger partial charge in [0.05, 0.1) is 6.54 Å². The molecule has 166 valence electrons. The molecule has 0 bridgehead atoms. The van der Waals surface area contributed by atoms with Crippen molar-refractivity contribution < 1.29 is 19.8 Å². The van der Waals surface area contributed by atoms with Gasteiger partial charge in [-0.3, -0.25) is 23.5 Å². The summed E-state index contributed by atoms with van der Waals surface area (Å²) in [5, 5.41) is 21.7. The van der Waals surface area contributed by atoms with Gasteiger partial charge in [-0.1, -0.05) is 50.5 Å². The van der Waals surface area contributed by atoms with Gasteiger partial charge in [-0.05, 0) is 30.4 Å². The Kier molecular flexibility index (Phi) is 6.94. The van der Waals surface area contributed by atoms with Crippen molar-refractivity contribution in [3.63, 3.8) is 0 Å². The van der Waals surface area contributed by atoms with Gasteiger partial charge < -0.3 is 15.5 Å². The van der Waals surface area contributed by atoms with Crippen LogP contribution in [0.1, 0.15) is 66.6 Å². The Morgan fingerprint density at radius 2 is 1.74 bits per heavy atom. The molecule has 3 N–H and O–H groups in total. The van der Waals surface area contributed by atoms with E-state index in [0.717, 1.165) is 39.5 Å². The molecule has 1 aliphatic carbocycles. The van der Waals surface area contributed by atoms with Crippen LogP contribution in [0, 0.1) is 0 Å². The number of carboxylic acid groups (broad SMARTS) is 1. The van der Waals surface area contributed by atoms with Crippen LogP contribution in [0.25, 0.3) is 0 Å². The topological polar surface area (TPSA) is 131 Å². The third-order valence-electron chi connectivity index (χ3n) is 5.74. The fourth-order valence-electron chi connectivity index (χ4n) is 4.14. The van der Waals surface area contributed by atoms with Crippen LogP contribution in [0.4, 0.5) is 0 Å². The van der Waals surface area contributed by atoms with Gasteiger partial charge in [0.15, 0.2) is 5.56 Å². The highest BCUT2D eigenvalue weighted by atomic mass is 16.4. The SMILES string of the molecule is CCc1ccccc1Cn1c(=O)c(C(=O)NCC(=O)O)c(O)n(C2CCCCC2)c1=O. The zero-order valence-corrected chi connectivity index (χ0v) is 17.5. The average molecular weight is 429 g/mol. The lowest BCUT2D eigenvalue weighted by Crippen LogP contribution is -2.46. The standard InChI is InChI=1S/C22H27N3O6/c1-2-14-8-6-7-9-15(14)13-24-20(29)18(19(28)23-12-17(26)27)21(30)25(22(24)31)16-10-4-3-5-11-16/h6-9,16,30H,2-5,10-13H2,1H3,(H,23,28)(H,26,27). The summed E-state index contributed by atoms with van der Waals surface area (Å²) in [7, 11) is 0. The number of benzene rings is 1. The van der Waals surface area contributed by atoms with Gasteiger partial charge in [-0.2, -0.15) is 0 Å². The largest absolute Gasteiger partial charge is 0.494 e. The summed E-state index contributed by atoms with van der Waals surface area (Å²) < 4.78 is 2.09. The van der Waals surface area contributed by atoms with Crippen molar-refractivity contribution in [2.45, 2.75) is 58.0 Å². The van der Waals surface area contributed by atoms with Gasteiger partial charge in [-0.25, -0.2) is 4.79 Å². The minimum absolute atomic E-state index is 0.0477. The van der Waals surface area contributed by atoms with Crippen molar-refractivity contribution in [2.75, 3.05) is 6.54 Å². The first kappa shape index (κ1) is 22.3. The maximum Gasteiger partial charge on any atom is 0.334 e. The highest BCUT2D eigenvalue weighted by molar-refractivity contribution is 5.97. The van der Waals surface area contributed by atoms with E-state index < -0.39 is 41.1 Å². The summed E-state index contributed by atoms with van der Waals surface area (Å²) in [6.45, 7) is 1.20. The second-order valence-electron chi connectivity index (χ2n) is 7.73. The molecule has 0 atom stereocenters. The van der Waals surface area contributed by atoms with Gasteiger partial charge in [-0.15, -0.1) is 0 Å². The van der Waals surface area contributed by atoms with E-state index in [-0.39, 0.29) is 12.6 Å². The summed E-state index contributed by atoms with van der Waals surface area (Å²) >= 11 is 0. The van der Waals surface area contributed by atoms with Gasteiger partial charge in [0.2, 0.25) is 5.88 Å². The van der Waals surface area contributed by atoms with Crippen LogP contribution in [0.5, 0.6) is 5.88 Å². The molecule has 0 spiro atoms. The van der Waals surface area contributed by atoms with Crippen LogP contribution in [0.15, 0.2) is 33.9 Å². The number of carbonyl (C=O) groups excluding carboxylic acids is 1. The number of hydrogen-bond acceptors (Lipinski definition) is 5. The summed E-state index contributed by atoms with van der Waals surface area (Å²) in [5.41, 5.74) is -0.496. The van der Waals surface area contributed by atoms with E-state index >= 15 is 0 Å². The molecule has 1 fully saturated rings. The normalized spacial score (nSPS) is 14.4. The quantitative estimate of drug-likeness (QED) is 0.613. The fraction of sp³-hybridized carbons (Fsp3) is 0.455. The van der Waals surface area contributed by atoms with Gasteiger partial charge in [0.25, 0.3) is 11.5 Å². The number of carboxylic acids is 1. The van der Waals surface area contributed by atoms with Crippen molar-refractivity contribution in [3.05, 3.63) is 61.8 Å². The Bertz CT molecular complexity index is 1100. The Morgan fingerprint density at radius 1 is 1.10 bits per heavy atom. The van der Waals surface area contributed by atoms with E-state index in [9.17, 15) is 24.3 Å². The van der Waals surface area contributed by atoms with Crippen molar-refractivity contribution in [3.8, 4) is 5.88 Å². The first-order chi connectivity index (χ1) is 14.8. The van der Waals surface area contributed by atoms with Crippen LogP contribution in [0.3, 0.4) is 0 Å². The van der Waals surface area contributed by atoms with Crippen molar-refractivity contribution in [2.24, 2.45) is 0 Å². The molecule has 3 rings (SSSR count). The molecule has 9 heteroatoms. The number of rotatable bonds is 7. The van der Waals surface area contributed by atoms with E-state index in [1.54, 1.807) is 6.07 Å². The zero-order valence-electron chi connectivity index (χ0n) is 17.5. The summed E-state index contributed by atoms with van der Waals surface area (Å²) in [4.78, 5) is 49.8. The monoisotopic (exact) mass is 429 g/mol. The molecule has 1 aromatic heterocycles. The molecule has 0 unspecified atom stereocenters. The van der Waals surface area contributed by atoms with Crippen LogP contribution in [-0.4, -0.2) is 37.8 Å². The number of nitrogens with one attached hydrogen (secondary N) is 1. The highest BCUT2D eigenvalue weighted by Crippen LogP contribution is 2.30. The summed E-state index contributed by atoms with van der Waals surface area (Å²) in [5.74, 6) is -3.01. The molecule has 31 heavy (non-hydrogen) atoms. The molecule has 9 nitrogen and oxygen atoms in total. The van der Waals surface area contributed by atoms with Crippen molar-refractivity contribution in [1.29, 1.82) is 0 Å². The zero-order chi connectivity index (χ0) is 22.5. The van der Waals surface area contributed by atoms with E-state index in [1.807, 2.05) is 25.1 Å². The molecular formula is C22H27N3O6. The van der Waals surface area contributed by atoms with E-state index in [4.69, 9.17) is 5.11 Å². The molecule has 2 aromatic rings. The number of aromatic hydroxyl groups is 1. The number of hydrogen-bond donors (Lipinski definition) is 3. The first-order valence-electron chi connectivity index (χ1n) is 10.5. The number of aryl methyl sites for hydroxylation is 1. The van der Waals surface area contributed by atoms with Gasteiger partial charge in [0.1, 0.15) is 6.54 Å². The van der Waals surface area contributed by atoms with E-state index in [2.05, 4.69) is 5.32 Å². The molecule has 0 aliphatic heterocycles. The van der Waals surface area contributed by atoms with Crippen LogP contribution in [0.2, 0.25) is 0 Å². The molecule has 0 radical (unpaired) electrons. The molecular weight excluding hydrogens is 402 g/mol. The summed E-state index contributed by atoms with van der Waals surface area (Å²) in [6, 6.07) is 7.06. The lowest BCUT2D eigenvalue weighted by atomic mass is 9.95. The predicted molar refractivity (Wildman–Crippen MR) is 114 cm³/mol. The predicted octanol–water partition coefficient (Wildman–Crippen LogP) is 1.65. The van der Waals surface area contributed by atoms with E-state index in [0.29, 0.717) is 19.3 Å². The van der Waals surface area contributed by atoms with Crippen LogP contribution >= 0.6 is 0 Å². The smallest absolute Gasteiger partial charge is 0.334 e. The molecule has 1 aliphatic rings. The second-order valence-corrected chi connectivity index (χ2v) is 7.73. The lowest BCUT2D eigenvalue weighted by molar-refractivity contribution is -0.135. The Morgan fingerprint density at radius 3 is 2.35 bits per heavy atom. The number of aromatic nitrogens is 2. The third-order valence-corrected chi connectivity index (χ3v) is 5.74. The van der Waals surface area contributed by atoms with Crippen molar-refractivity contribution in [1.82, 2.24) is 14.5 Å². The average Bonchev–Trinajstić information content (AvgIpc) is 2.76. The molecule has 1 heterocycles. The number of amides is 1. The Labute approximate surface area is 179 Å².